The van der Waals surface area contributed by atoms with Gasteiger partial charge in [-0.3, -0.25) is 9.59 Å². The zero-order valence-electron chi connectivity index (χ0n) is 25.7. The first-order valence-corrected chi connectivity index (χ1v) is 14.9. The Kier molecular flexibility index (Phi) is 11.6. The number of rotatable bonds is 11. The van der Waals surface area contributed by atoms with Crippen LogP contribution in [-0.2, 0) is 20.7 Å². The Morgan fingerprint density at radius 3 is 2.28 bits per heavy atom. The average Bonchev–Trinajstić information content (AvgIpc) is 2.92. The molecule has 8 nitrogen and oxygen atoms in total. The van der Waals surface area contributed by atoms with E-state index in [1.165, 1.54) is 17.0 Å². The number of para-hydroxylation sites is 1. The van der Waals surface area contributed by atoms with Crippen molar-refractivity contribution >= 4 is 35.2 Å². The predicted octanol–water partition coefficient (Wildman–Crippen LogP) is 7.11. The topological polar surface area (TPSA) is 108 Å². The number of carbonyl (C=O) groups is 3. The van der Waals surface area contributed by atoms with Crippen LogP contribution in [-0.4, -0.2) is 46.1 Å². The maximum Gasteiger partial charge on any atom is 0.408 e. The lowest BCUT2D eigenvalue weighted by Gasteiger charge is -2.35. The lowest BCUT2D eigenvalue weighted by molar-refractivity contribution is -0.140. The number of benzene rings is 3. The van der Waals surface area contributed by atoms with Gasteiger partial charge in [0.1, 0.15) is 23.4 Å². The molecule has 3 amide bonds. The van der Waals surface area contributed by atoms with Crippen LogP contribution >= 0.6 is 11.6 Å². The maximum absolute atomic E-state index is 14.5. The van der Waals surface area contributed by atoms with E-state index in [1.54, 1.807) is 45.0 Å². The highest BCUT2D eigenvalue weighted by Gasteiger charge is 2.36. The van der Waals surface area contributed by atoms with Crippen molar-refractivity contribution in [3.8, 4) is 5.75 Å². The Labute approximate surface area is 259 Å². The monoisotopic (exact) mass is 607 g/mol. The van der Waals surface area contributed by atoms with Crippen LogP contribution in [0.3, 0.4) is 0 Å². The minimum atomic E-state index is -1.06. The van der Waals surface area contributed by atoms with Gasteiger partial charge in [0.15, 0.2) is 0 Å². The number of aryl methyl sites for hydroxylation is 2. The first kappa shape index (κ1) is 33.5. The van der Waals surface area contributed by atoms with E-state index in [1.807, 2.05) is 51.1 Å². The molecule has 0 radical (unpaired) electrons. The van der Waals surface area contributed by atoms with Gasteiger partial charge < -0.3 is 25.4 Å². The van der Waals surface area contributed by atoms with Crippen molar-refractivity contribution in [2.24, 2.45) is 0 Å². The van der Waals surface area contributed by atoms with Gasteiger partial charge in [0.25, 0.3) is 5.91 Å². The van der Waals surface area contributed by atoms with Crippen LogP contribution < -0.4 is 10.6 Å². The average molecular weight is 608 g/mol. The van der Waals surface area contributed by atoms with Crippen LogP contribution in [0, 0.1) is 13.8 Å². The Morgan fingerprint density at radius 2 is 1.67 bits per heavy atom. The number of phenolic OH excluding ortho intramolecular Hbond substituents is 1. The van der Waals surface area contributed by atoms with Gasteiger partial charge in [0.2, 0.25) is 5.91 Å². The second-order valence-electron chi connectivity index (χ2n) is 11.7. The van der Waals surface area contributed by atoms with Gasteiger partial charge in [0, 0.05) is 13.0 Å². The fourth-order valence-electron chi connectivity index (χ4n) is 4.71. The molecule has 3 N–H and O–H groups in total. The molecule has 0 saturated heterocycles. The molecule has 2 unspecified atom stereocenters. The number of hydrogen-bond acceptors (Lipinski definition) is 5. The van der Waals surface area contributed by atoms with Gasteiger partial charge in [-0.1, -0.05) is 79.0 Å². The van der Waals surface area contributed by atoms with E-state index >= 15 is 0 Å². The van der Waals surface area contributed by atoms with E-state index in [2.05, 4.69) is 10.6 Å². The third kappa shape index (κ3) is 9.75. The second-order valence-corrected chi connectivity index (χ2v) is 12.1. The summed E-state index contributed by atoms with van der Waals surface area (Å²) in [7, 11) is 0. The fourth-order valence-corrected chi connectivity index (χ4v) is 4.98. The standard InChI is InChI=1S/C34H42ClN3O5/c1-7-8-19-38(32(41)28(36-33(42)43-34(4,5)6)21-24-15-17-26(39)18-16-24)30(25-13-9-11-22(2)20-25)31(40)37-29-23(3)12-10-14-27(29)35/h9-18,20,28,30,39H,7-8,19,21H2,1-6H3,(H,36,42)(H,37,40). The Hall–Kier alpha value is -4.04. The fraction of sp³-hybridized carbons (Fsp3) is 0.382. The van der Waals surface area contributed by atoms with Crippen molar-refractivity contribution in [3.05, 3.63) is 94.0 Å². The van der Waals surface area contributed by atoms with E-state index < -0.39 is 35.6 Å². The SMILES string of the molecule is CCCCN(C(=O)C(Cc1ccc(O)cc1)NC(=O)OC(C)(C)C)C(C(=O)Nc1c(C)cccc1Cl)c1cccc(C)c1. The number of ether oxygens (including phenoxy) is 1. The minimum absolute atomic E-state index is 0.0855. The van der Waals surface area contributed by atoms with E-state index in [9.17, 15) is 19.5 Å². The lowest BCUT2D eigenvalue weighted by Crippen LogP contribution is -2.53. The number of amides is 3. The molecule has 230 valence electrons. The van der Waals surface area contributed by atoms with Crippen molar-refractivity contribution in [2.45, 2.75) is 78.5 Å². The Morgan fingerprint density at radius 1 is 1.00 bits per heavy atom. The molecule has 0 spiro atoms. The van der Waals surface area contributed by atoms with Gasteiger partial charge in [0.05, 0.1) is 10.7 Å². The molecule has 3 aromatic rings. The normalized spacial score (nSPS) is 12.6. The number of anilines is 1. The molecule has 0 aliphatic carbocycles. The number of nitrogens with zero attached hydrogens (tertiary/aromatic N) is 1. The van der Waals surface area contributed by atoms with Gasteiger partial charge in [-0.25, -0.2) is 4.79 Å². The molecular weight excluding hydrogens is 566 g/mol. The molecule has 2 atom stereocenters. The molecular formula is C34H42ClN3O5. The van der Waals surface area contributed by atoms with E-state index in [-0.39, 0.29) is 18.7 Å². The number of hydrogen-bond donors (Lipinski definition) is 3. The highest BCUT2D eigenvalue weighted by atomic mass is 35.5. The van der Waals surface area contributed by atoms with E-state index in [0.29, 0.717) is 28.3 Å². The molecule has 0 aliphatic rings. The zero-order valence-corrected chi connectivity index (χ0v) is 26.5. The van der Waals surface area contributed by atoms with E-state index in [0.717, 1.165) is 17.5 Å². The number of carbonyl (C=O) groups excluding carboxylic acids is 3. The summed E-state index contributed by atoms with van der Waals surface area (Å²) in [5, 5.41) is 15.9. The summed E-state index contributed by atoms with van der Waals surface area (Å²) in [4.78, 5) is 43.2. The van der Waals surface area contributed by atoms with Crippen LogP contribution in [0.4, 0.5) is 10.5 Å². The molecule has 3 aromatic carbocycles. The van der Waals surface area contributed by atoms with Crippen LogP contribution in [0.5, 0.6) is 5.75 Å². The zero-order chi connectivity index (χ0) is 31.7. The summed E-state index contributed by atoms with van der Waals surface area (Å²) in [5.41, 5.74) is 2.75. The lowest BCUT2D eigenvalue weighted by atomic mass is 9.98. The number of unbranched alkanes of at least 4 members (excludes halogenated alkanes) is 1. The van der Waals surface area contributed by atoms with Gasteiger partial charge in [-0.2, -0.15) is 0 Å². The number of halogens is 1. The van der Waals surface area contributed by atoms with E-state index in [4.69, 9.17) is 16.3 Å². The smallest absolute Gasteiger partial charge is 0.408 e. The van der Waals surface area contributed by atoms with Crippen LogP contribution in [0.25, 0.3) is 0 Å². The van der Waals surface area contributed by atoms with Crippen molar-refractivity contribution in [2.75, 3.05) is 11.9 Å². The third-order valence-corrected chi connectivity index (χ3v) is 7.10. The predicted molar refractivity (Wildman–Crippen MR) is 170 cm³/mol. The van der Waals surface area contributed by atoms with Gasteiger partial charge >= 0.3 is 6.09 Å². The Bertz CT molecular complexity index is 1400. The molecule has 43 heavy (non-hydrogen) atoms. The Balaban J connectivity index is 2.09. The van der Waals surface area contributed by atoms with Crippen molar-refractivity contribution < 1.29 is 24.2 Å². The van der Waals surface area contributed by atoms with Gasteiger partial charge in [-0.15, -0.1) is 0 Å². The molecule has 0 aliphatic heterocycles. The first-order chi connectivity index (χ1) is 20.3. The largest absolute Gasteiger partial charge is 0.508 e. The molecule has 0 aromatic heterocycles. The van der Waals surface area contributed by atoms with Crippen molar-refractivity contribution in [1.82, 2.24) is 10.2 Å². The highest BCUT2D eigenvalue weighted by molar-refractivity contribution is 6.34. The number of alkyl carbamates (subject to hydrolysis) is 1. The van der Waals surface area contributed by atoms with Crippen LogP contribution in [0.1, 0.15) is 68.8 Å². The highest BCUT2D eigenvalue weighted by Crippen LogP contribution is 2.30. The summed E-state index contributed by atoms with van der Waals surface area (Å²) >= 11 is 6.46. The molecule has 0 bridgehead atoms. The molecule has 9 heteroatoms. The minimum Gasteiger partial charge on any atom is -0.508 e. The summed E-state index contributed by atoms with van der Waals surface area (Å²) in [6.45, 7) is 11.3. The summed E-state index contributed by atoms with van der Waals surface area (Å²) in [6.07, 6.45) is 0.776. The number of phenols is 1. The first-order valence-electron chi connectivity index (χ1n) is 14.5. The van der Waals surface area contributed by atoms with Crippen molar-refractivity contribution in [1.29, 1.82) is 0 Å². The summed E-state index contributed by atoms with van der Waals surface area (Å²) in [5.74, 6) is -0.779. The van der Waals surface area contributed by atoms with Crippen LogP contribution in [0.15, 0.2) is 66.7 Å². The third-order valence-electron chi connectivity index (χ3n) is 6.79. The van der Waals surface area contributed by atoms with Gasteiger partial charge in [-0.05, 0) is 75.9 Å². The van der Waals surface area contributed by atoms with Crippen molar-refractivity contribution in [3.63, 3.8) is 0 Å². The molecule has 3 rings (SSSR count). The molecule has 0 fully saturated rings. The second kappa shape index (κ2) is 14.9. The molecule has 0 heterocycles. The molecule has 0 saturated carbocycles. The quantitative estimate of drug-likeness (QED) is 0.215. The number of nitrogens with one attached hydrogen (secondary N) is 2. The summed E-state index contributed by atoms with van der Waals surface area (Å²) < 4.78 is 5.49. The summed E-state index contributed by atoms with van der Waals surface area (Å²) in [6, 6.07) is 17.2. The number of aromatic hydroxyl groups is 1. The van der Waals surface area contributed by atoms with Crippen LogP contribution in [0.2, 0.25) is 5.02 Å². The maximum atomic E-state index is 14.5.